The average Bonchev–Trinajstić information content (AvgIpc) is 2.59. The van der Waals surface area contributed by atoms with E-state index >= 15 is 0 Å². The molecule has 2 rings (SSSR count). The van der Waals surface area contributed by atoms with Crippen LogP contribution in [-0.2, 0) is 11.3 Å². The predicted molar refractivity (Wildman–Crippen MR) is 91.4 cm³/mol. The van der Waals surface area contributed by atoms with Gasteiger partial charge in [0.15, 0.2) is 0 Å². The van der Waals surface area contributed by atoms with Crippen molar-refractivity contribution in [3.8, 4) is 11.8 Å². The summed E-state index contributed by atoms with van der Waals surface area (Å²) in [5.41, 5.74) is 1.41. The molecule has 2 aromatic rings. The molecular formula is C17H15ClN4O2. The number of nitrogens with zero attached hydrogens (tertiary/aromatic N) is 2. The summed E-state index contributed by atoms with van der Waals surface area (Å²) in [6, 6.07) is 10.4. The summed E-state index contributed by atoms with van der Waals surface area (Å²) >= 11 is 6.00. The lowest BCUT2D eigenvalue weighted by atomic mass is 10.2. The van der Waals surface area contributed by atoms with Crippen LogP contribution in [0.4, 0.5) is 5.69 Å². The summed E-state index contributed by atoms with van der Waals surface area (Å²) in [6.45, 7) is 0.481. The number of anilines is 1. The quantitative estimate of drug-likeness (QED) is 0.622. The van der Waals surface area contributed by atoms with Crippen molar-refractivity contribution >= 4 is 23.2 Å². The van der Waals surface area contributed by atoms with E-state index in [2.05, 4.69) is 15.6 Å². The minimum Gasteiger partial charge on any atom is -0.495 e. The lowest BCUT2D eigenvalue weighted by molar-refractivity contribution is -0.112. The van der Waals surface area contributed by atoms with Crippen LogP contribution in [0, 0.1) is 11.3 Å². The number of amides is 1. The van der Waals surface area contributed by atoms with Gasteiger partial charge in [0.2, 0.25) is 0 Å². The van der Waals surface area contributed by atoms with Gasteiger partial charge in [-0.15, -0.1) is 0 Å². The molecule has 1 heterocycles. The number of hydrogen-bond acceptors (Lipinski definition) is 5. The van der Waals surface area contributed by atoms with Crippen molar-refractivity contribution in [1.82, 2.24) is 10.3 Å². The molecule has 0 radical (unpaired) electrons. The Labute approximate surface area is 144 Å². The molecule has 1 amide bonds. The standard InChI is InChI=1S/C17H15ClN4O2/c1-24-16-3-2-14(8-15(16)18)22-17(23)13(9-19)11-21-10-12-4-6-20-7-5-12/h2-8,11,21H,10H2,1H3,(H,22,23)/b13-11-. The van der Waals surface area contributed by atoms with E-state index in [9.17, 15) is 4.79 Å². The molecule has 1 aromatic carbocycles. The van der Waals surface area contributed by atoms with E-state index < -0.39 is 5.91 Å². The number of benzene rings is 1. The van der Waals surface area contributed by atoms with Crippen LogP contribution in [0.25, 0.3) is 0 Å². The Morgan fingerprint density at radius 1 is 1.38 bits per heavy atom. The molecule has 0 saturated heterocycles. The van der Waals surface area contributed by atoms with Crippen molar-refractivity contribution in [3.05, 3.63) is 65.1 Å². The SMILES string of the molecule is COc1ccc(NC(=O)/C(C#N)=C\NCc2ccncc2)cc1Cl. The fraction of sp³-hybridized carbons (Fsp3) is 0.118. The van der Waals surface area contributed by atoms with Crippen LogP contribution in [0.15, 0.2) is 54.5 Å². The zero-order chi connectivity index (χ0) is 17.4. The van der Waals surface area contributed by atoms with Gasteiger partial charge in [-0.05, 0) is 35.9 Å². The Kier molecular flexibility index (Phi) is 6.17. The van der Waals surface area contributed by atoms with Crippen LogP contribution >= 0.6 is 11.6 Å². The van der Waals surface area contributed by atoms with Crippen LogP contribution in [0.1, 0.15) is 5.56 Å². The summed E-state index contributed by atoms with van der Waals surface area (Å²) in [5.74, 6) is -0.0225. The highest BCUT2D eigenvalue weighted by molar-refractivity contribution is 6.32. The normalized spacial score (nSPS) is 10.6. The summed E-state index contributed by atoms with van der Waals surface area (Å²) < 4.78 is 5.05. The first-order valence-corrected chi connectivity index (χ1v) is 7.39. The van der Waals surface area contributed by atoms with Crippen molar-refractivity contribution < 1.29 is 9.53 Å². The summed E-state index contributed by atoms with van der Waals surface area (Å²) in [4.78, 5) is 16.0. The lowest BCUT2D eigenvalue weighted by Gasteiger charge is -2.08. The third-order valence-corrected chi connectivity index (χ3v) is 3.37. The maximum atomic E-state index is 12.1. The fourth-order valence-corrected chi connectivity index (χ4v) is 2.12. The summed E-state index contributed by atoms with van der Waals surface area (Å²) in [6.07, 6.45) is 4.72. The Balaban J connectivity index is 1.99. The van der Waals surface area contributed by atoms with Crippen LogP contribution < -0.4 is 15.4 Å². The van der Waals surface area contributed by atoms with E-state index in [1.54, 1.807) is 30.6 Å². The molecule has 24 heavy (non-hydrogen) atoms. The lowest BCUT2D eigenvalue weighted by Crippen LogP contribution is -2.16. The molecule has 2 N–H and O–H groups in total. The Hall–Kier alpha value is -3.04. The minimum atomic E-state index is -0.527. The van der Waals surface area contributed by atoms with E-state index in [4.69, 9.17) is 21.6 Å². The number of nitrogens with one attached hydrogen (secondary N) is 2. The van der Waals surface area contributed by atoms with Gasteiger partial charge in [0, 0.05) is 30.8 Å². The molecule has 122 valence electrons. The number of ether oxygens (including phenoxy) is 1. The van der Waals surface area contributed by atoms with Crippen molar-refractivity contribution in [2.75, 3.05) is 12.4 Å². The van der Waals surface area contributed by atoms with Crippen molar-refractivity contribution in [1.29, 1.82) is 5.26 Å². The number of hydrogen-bond donors (Lipinski definition) is 2. The van der Waals surface area contributed by atoms with Gasteiger partial charge < -0.3 is 15.4 Å². The van der Waals surface area contributed by atoms with Crippen LogP contribution in [-0.4, -0.2) is 18.0 Å². The molecule has 1 aromatic heterocycles. The minimum absolute atomic E-state index is 0.0454. The second-order valence-corrected chi connectivity index (χ2v) is 5.12. The highest BCUT2D eigenvalue weighted by Gasteiger charge is 2.10. The van der Waals surface area contributed by atoms with Gasteiger partial charge in [-0.1, -0.05) is 11.6 Å². The zero-order valence-corrected chi connectivity index (χ0v) is 13.7. The van der Waals surface area contributed by atoms with Gasteiger partial charge in [-0.25, -0.2) is 0 Å². The molecule has 0 saturated carbocycles. The number of pyridine rings is 1. The summed E-state index contributed by atoms with van der Waals surface area (Å²) in [5, 5.41) is 15.0. The fourth-order valence-electron chi connectivity index (χ4n) is 1.86. The highest BCUT2D eigenvalue weighted by atomic mass is 35.5. The molecule has 0 fully saturated rings. The average molecular weight is 343 g/mol. The van der Waals surface area contributed by atoms with E-state index in [0.717, 1.165) is 5.56 Å². The largest absolute Gasteiger partial charge is 0.495 e. The number of methoxy groups -OCH3 is 1. The van der Waals surface area contributed by atoms with Crippen molar-refractivity contribution in [2.45, 2.75) is 6.54 Å². The molecular weight excluding hydrogens is 328 g/mol. The highest BCUT2D eigenvalue weighted by Crippen LogP contribution is 2.27. The van der Waals surface area contributed by atoms with Gasteiger partial charge >= 0.3 is 0 Å². The molecule has 0 spiro atoms. The van der Waals surface area contributed by atoms with Gasteiger partial charge in [-0.2, -0.15) is 5.26 Å². The smallest absolute Gasteiger partial charge is 0.267 e. The zero-order valence-electron chi connectivity index (χ0n) is 12.9. The predicted octanol–water partition coefficient (Wildman–Crippen LogP) is 2.88. The molecule has 0 aliphatic heterocycles. The second-order valence-electron chi connectivity index (χ2n) is 4.71. The number of carbonyl (C=O) groups is 1. The molecule has 0 atom stereocenters. The maximum absolute atomic E-state index is 12.1. The molecule has 6 nitrogen and oxygen atoms in total. The molecule has 0 aliphatic carbocycles. The molecule has 7 heteroatoms. The van der Waals surface area contributed by atoms with E-state index in [1.807, 2.05) is 18.2 Å². The Morgan fingerprint density at radius 2 is 2.12 bits per heavy atom. The summed E-state index contributed by atoms with van der Waals surface area (Å²) in [7, 11) is 1.50. The first-order valence-electron chi connectivity index (χ1n) is 7.01. The van der Waals surface area contributed by atoms with Gasteiger partial charge in [0.05, 0.1) is 12.1 Å². The van der Waals surface area contributed by atoms with Crippen LogP contribution in [0.5, 0.6) is 5.75 Å². The number of halogens is 1. The first-order chi connectivity index (χ1) is 11.6. The second kappa shape index (κ2) is 8.56. The van der Waals surface area contributed by atoms with E-state index in [-0.39, 0.29) is 5.57 Å². The Bertz CT molecular complexity index is 785. The number of nitriles is 1. The monoisotopic (exact) mass is 342 g/mol. The van der Waals surface area contributed by atoms with E-state index in [1.165, 1.54) is 13.3 Å². The molecule has 0 bridgehead atoms. The number of aromatic nitrogens is 1. The third-order valence-electron chi connectivity index (χ3n) is 3.08. The van der Waals surface area contributed by atoms with Crippen molar-refractivity contribution in [2.24, 2.45) is 0 Å². The number of rotatable bonds is 6. The van der Waals surface area contributed by atoms with Gasteiger partial charge in [-0.3, -0.25) is 9.78 Å². The number of carbonyl (C=O) groups excluding carboxylic acids is 1. The first kappa shape index (κ1) is 17.3. The topological polar surface area (TPSA) is 87.0 Å². The van der Waals surface area contributed by atoms with Crippen LogP contribution in [0.2, 0.25) is 5.02 Å². The maximum Gasteiger partial charge on any atom is 0.267 e. The van der Waals surface area contributed by atoms with Crippen molar-refractivity contribution in [3.63, 3.8) is 0 Å². The third kappa shape index (κ3) is 4.73. The Morgan fingerprint density at radius 3 is 2.75 bits per heavy atom. The molecule has 0 aliphatic rings. The van der Waals surface area contributed by atoms with E-state index in [0.29, 0.717) is 23.0 Å². The molecule has 0 unspecified atom stereocenters. The van der Waals surface area contributed by atoms with Gasteiger partial charge in [0.1, 0.15) is 17.4 Å². The van der Waals surface area contributed by atoms with Gasteiger partial charge in [0.25, 0.3) is 5.91 Å². The van der Waals surface area contributed by atoms with Crippen LogP contribution in [0.3, 0.4) is 0 Å².